The molecular formula is C15H21ClFNOS. The third kappa shape index (κ3) is 4.62. The van der Waals surface area contributed by atoms with Crippen LogP contribution >= 0.6 is 23.4 Å². The number of rotatable bonds is 6. The molecule has 0 bridgehead atoms. The summed E-state index contributed by atoms with van der Waals surface area (Å²) in [4.78, 5) is 0. The molecule has 0 saturated carbocycles. The average molecular weight is 318 g/mol. The second kappa shape index (κ2) is 8.23. The molecule has 1 fully saturated rings. The Labute approximate surface area is 129 Å². The van der Waals surface area contributed by atoms with Gasteiger partial charge in [-0.05, 0) is 37.1 Å². The van der Waals surface area contributed by atoms with Crippen LogP contribution in [-0.4, -0.2) is 36.8 Å². The molecule has 0 spiro atoms. The SMILES string of the molecule is CCCNC(Cc1ccc(F)c(Cl)c1)C1CSCCO1. The van der Waals surface area contributed by atoms with E-state index < -0.39 is 0 Å². The third-order valence-corrected chi connectivity index (χ3v) is 4.70. The van der Waals surface area contributed by atoms with E-state index in [1.807, 2.05) is 11.8 Å². The van der Waals surface area contributed by atoms with Crippen LogP contribution in [0.4, 0.5) is 4.39 Å². The van der Waals surface area contributed by atoms with Crippen LogP contribution < -0.4 is 5.32 Å². The van der Waals surface area contributed by atoms with E-state index in [1.165, 1.54) is 6.07 Å². The molecule has 2 atom stereocenters. The van der Waals surface area contributed by atoms with Crippen LogP contribution in [0.3, 0.4) is 0 Å². The number of nitrogens with one attached hydrogen (secondary N) is 1. The maximum Gasteiger partial charge on any atom is 0.141 e. The molecule has 2 nitrogen and oxygen atoms in total. The molecule has 0 aliphatic carbocycles. The Morgan fingerprint density at radius 1 is 1.55 bits per heavy atom. The fraction of sp³-hybridized carbons (Fsp3) is 0.600. The molecule has 1 N–H and O–H groups in total. The Hall–Kier alpha value is -0.290. The zero-order chi connectivity index (χ0) is 14.4. The van der Waals surface area contributed by atoms with Crippen molar-refractivity contribution in [3.63, 3.8) is 0 Å². The van der Waals surface area contributed by atoms with Gasteiger partial charge in [0.2, 0.25) is 0 Å². The van der Waals surface area contributed by atoms with E-state index in [0.717, 1.165) is 43.1 Å². The van der Waals surface area contributed by atoms with E-state index in [1.54, 1.807) is 12.1 Å². The van der Waals surface area contributed by atoms with Gasteiger partial charge in [0, 0.05) is 17.5 Å². The first kappa shape index (κ1) is 16.1. The van der Waals surface area contributed by atoms with Crippen molar-refractivity contribution >= 4 is 23.4 Å². The molecule has 112 valence electrons. The highest BCUT2D eigenvalue weighted by atomic mass is 35.5. The van der Waals surface area contributed by atoms with Crippen molar-refractivity contribution < 1.29 is 9.13 Å². The predicted octanol–water partition coefficient (Wildman–Crippen LogP) is 3.52. The maximum atomic E-state index is 13.2. The molecule has 2 unspecified atom stereocenters. The van der Waals surface area contributed by atoms with E-state index in [9.17, 15) is 4.39 Å². The number of halogens is 2. The quantitative estimate of drug-likeness (QED) is 0.867. The fourth-order valence-corrected chi connectivity index (χ4v) is 3.47. The van der Waals surface area contributed by atoms with Gasteiger partial charge < -0.3 is 10.1 Å². The van der Waals surface area contributed by atoms with E-state index >= 15 is 0 Å². The zero-order valence-electron chi connectivity index (χ0n) is 11.7. The average Bonchev–Trinajstić information content (AvgIpc) is 2.48. The van der Waals surface area contributed by atoms with Crippen molar-refractivity contribution in [2.75, 3.05) is 24.7 Å². The fourth-order valence-electron chi connectivity index (χ4n) is 2.32. The highest BCUT2D eigenvalue weighted by Gasteiger charge is 2.24. The first-order chi connectivity index (χ1) is 9.70. The molecule has 1 heterocycles. The minimum Gasteiger partial charge on any atom is -0.375 e. The van der Waals surface area contributed by atoms with Crippen LogP contribution in [-0.2, 0) is 11.2 Å². The maximum absolute atomic E-state index is 13.2. The zero-order valence-corrected chi connectivity index (χ0v) is 13.3. The minimum atomic E-state index is -0.363. The van der Waals surface area contributed by atoms with Crippen molar-refractivity contribution in [1.82, 2.24) is 5.32 Å². The summed E-state index contributed by atoms with van der Waals surface area (Å²) in [5, 5.41) is 3.74. The van der Waals surface area contributed by atoms with Crippen LogP contribution in [0.1, 0.15) is 18.9 Å². The van der Waals surface area contributed by atoms with E-state index in [4.69, 9.17) is 16.3 Å². The van der Waals surface area contributed by atoms with Crippen LogP contribution in [0.5, 0.6) is 0 Å². The van der Waals surface area contributed by atoms with Crippen LogP contribution in [0.15, 0.2) is 18.2 Å². The second-order valence-corrected chi connectivity index (χ2v) is 6.55. The molecule has 0 aromatic heterocycles. The summed E-state index contributed by atoms with van der Waals surface area (Å²) in [5.41, 5.74) is 1.05. The molecule has 1 aliphatic heterocycles. The summed E-state index contributed by atoms with van der Waals surface area (Å²) < 4.78 is 19.1. The largest absolute Gasteiger partial charge is 0.375 e. The van der Waals surface area contributed by atoms with Crippen molar-refractivity contribution in [2.24, 2.45) is 0 Å². The van der Waals surface area contributed by atoms with Gasteiger partial charge in [0.05, 0.1) is 17.7 Å². The number of hydrogen-bond donors (Lipinski definition) is 1. The van der Waals surface area contributed by atoms with Gasteiger partial charge in [-0.3, -0.25) is 0 Å². The van der Waals surface area contributed by atoms with Gasteiger partial charge in [-0.2, -0.15) is 11.8 Å². The molecule has 0 amide bonds. The summed E-state index contributed by atoms with van der Waals surface area (Å²) >= 11 is 7.79. The van der Waals surface area contributed by atoms with Gasteiger partial charge in [0.1, 0.15) is 5.82 Å². The molecule has 2 rings (SSSR count). The monoisotopic (exact) mass is 317 g/mol. The van der Waals surface area contributed by atoms with Crippen molar-refractivity contribution in [2.45, 2.75) is 31.9 Å². The van der Waals surface area contributed by atoms with Gasteiger partial charge in [0.25, 0.3) is 0 Å². The molecule has 5 heteroatoms. The summed E-state index contributed by atoms with van der Waals surface area (Å²) in [7, 11) is 0. The number of thioether (sulfide) groups is 1. The molecule has 1 aliphatic rings. The lowest BCUT2D eigenvalue weighted by atomic mass is 10.0. The minimum absolute atomic E-state index is 0.190. The molecule has 20 heavy (non-hydrogen) atoms. The topological polar surface area (TPSA) is 21.3 Å². The molecule has 1 aromatic rings. The van der Waals surface area contributed by atoms with Crippen molar-refractivity contribution in [1.29, 1.82) is 0 Å². The lowest BCUT2D eigenvalue weighted by Gasteiger charge is -2.31. The van der Waals surface area contributed by atoms with Crippen LogP contribution in [0, 0.1) is 5.82 Å². The normalized spacial score (nSPS) is 20.9. The molecule has 1 saturated heterocycles. The van der Waals surface area contributed by atoms with Gasteiger partial charge >= 0.3 is 0 Å². The Bertz CT molecular complexity index is 426. The summed E-state index contributed by atoms with van der Waals surface area (Å²) in [6.45, 7) is 3.92. The number of hydrogen-bond acceptors (Lipinski definition) is 3. The standard InChI is InChI=1S/C15H21ClFNOS/c1-2-5-18-14(15-10-20-7-6-19-15)9-11-3-4-13(17)12(16)8-11/h3-4,8,14-15,18H,2,5-7,9-10H2,1H3. The second-order valence-electron chi connectivity index (χ2n) is 5.00. The lowest BCUT2D eigenvalue weighted by molar-refractivity contribution is 0.0472. The Balaban J connectivity index is 2.03. The molecule has 1 aromatic carbocycles. The highest BCUT2D eigenvalue weighted by molar-refractivity contribution is 7.99. The lowest BCUT2D eigenvalue weighted by Crippen LogP contribution is -2.46. The summed E-state index contributed by atoms with van der Waals surface area (Å²) in [6.07, 6.45) is 2.11. The third-order valence-electron chi connectivity index (χ3n) is 3.39. The summed E-state index contributed by atoms with van der Waals surface area (Å²) in [5.74, 6) is 1.72. The van der Waals surface area contributed by atoms with Crippen LogP contribution in [0.2, 0.25) is 5.02 Å². The predicted molar refractivity (Wildman–Crippen MR) is 84.3 cm³/mol. The van der Waals surface area contributed by atoms with Gasteiger partial charge in [-0.15, -0.1) is 0 Å². The Morgan fingerprint density at radius 3 is 3.05 bits per heavy atom. The van der Waals surface area contributed by atoms with Gasteiger partial charge in [-0.1, -0.05) is 24.6 Å². The Kier molecular flexibility index (Phi) is 6.62. The van der Waals surface area contributed by atoms with E-state index in [-0.39, 0.29) is 23.0 Å². The van der Waals surface area contributed by atoms with Gasteiger partial charge in [-0.25, -0.2) is 4.39 Å². The first-order valence-corrected chi connectivity index (χ1v) is 8.60. The number of ether oxygens (including phenoxy) is 1. The summed E-state index contributed by atoms with van der Waals surface area (Å²) in [6, 6.07) is 5.21. The van der Waals surface area contributed by atoms with Crippen molar-refractivity contribution in [3.05, 3.63) is 34.6 Å². The van der Waals surface area contributed by atoms with E-state index in [0.29, 0.717) is 0 Å². The molecular weight excluding hydrogens is 297 g/mol. The molecule has 0 radical (unpaired) electrons. The number of benzene rings is 1. The van der Waals surface area contributed by atoms with Gasteiger partial charge in [0.15, 0.2) is 0 Å². The highest BCUT2D eigenvalue weighted by Crippen LogP contribution is 2.21. The Morgan fingerprint density at radius 2 is 2.40 bits per heavy atom. The van der Waals surface area contributed by atoms with Crippen molar-refractivity contribution in [3.8, 4) is 0 Å². The van der Waals surface area contributed by atoms with E-state index in [2.05, 4.69) is 12.2 Å². The van der Waals surface area contributed by atoms with Crippen LogP contribution in [0.25, 0.3) is 0 Å². The first-order valence-electron chi connectivity index (χ1n) is 7.07. The smallest absolute Gasteiger partial charge is 0.141 e.